The quantitative estimate of drug-likeness (QED) is 0.683. The predicted molar refractivity (Wildman–Crippen MR) is 60.1 cm³/mol. The van der Waals surface area contributed by atoms with Gasteiger partial charge in [-0.15, -0.1) is 0 Å². The molecule has 2 rings (SSSR count). The molecule has 1 aliphatic rings. The van der Waals surface area contributed by atoms with Crippen LogP contribution in [0.15, 0.2) is 0 Å². The molecule has 2 nitrogen and oxygen atoms in total. The average molecular weight is 193 g/mol. The summed E-state index contributed by atoms with van der Waals surface area (Å²) in [5.74, 6) is 0. The largest absolute Gasteiger partial charge is 0.288 e. The van der Waals surface area contributed by atoms with Crippen molar-refractivity contribution in [3.8, 4) is 0 Å². The Balaban J connectivity index is 0.000000980. The van der Waals surface area contributed by atoms with E-state index in [2.05, 4.69) is 27.7 Å². The van der Waals surface area contributed by atoms with Gasteiger partial charge in [0.2, 0.25) is 0 Å². The molecule has 1 aromatic carbocycles. The molecule has 0 spiro atoms. The van der Waals surface area contributed by atoms with Crippen molar-refractivity contribution >= 4 is 5.69 Å². The molecular weight excluding hydrogens is 174 g/mol. The number of hydroxylamine groups is 1. The van der Waals surface area contributed by atoms with Crippen molar-refractivity contribution in [2.45, 2.75) is 41.7 Å². The number of rotatable bonds is 0. The fourth-order valence-electron chi connectivity index (χ4n) is 2.05. The van der Waals surface area contributed by atoms with E-state index in [0.29, 0.717) is 6.54 Å². The van der Waals surface area contributed by atoms with Gasteiger partial charge in [0.15, 0.2) is 0 Å². The Morgan fingerprint density at radius 1 is 0.929 bits per heavy atom. The first-order valence-corrected chi connectivity index (χ1v) is 4.59. The van der Waals surface area contributed by atoms with Crippen molar-refractivity contribution in [1.82, 2.24) is 0 Å². The predicted octanol–water partition coefficient (Wildman–Crippen LogP) is 3.27. The van der Waals surface area contributed by atoms with E-state index >= 15 is 0 Å². The second kappa shape index (κ2) is 3.28. The average Bonchev–Trinajstić information content (AvgIpc) is 2.08. The zero-order valence-electron chi connectivity index (χ0n) is 8.60. The van der Waals surface area contributed by atoms with Crippen molar-refractivity contribution in [2.75, 3.05) is 5.06 Å². The van der Waals surface area contributed by atoms with Crippen LogP contribution in [-0.4, -0.2) is 5.21 Å². The van der Waals surface area contributed by atoms with Crippen LogP contribution in [0.3, 0.4) is 0 Å². The van der Waals surface area contributed by atoms with E-state index in [-0.39, 0.29) is 7.43 Å². The van der Waals surface area contributed by atoms with Gasteiger partial charge in [0, 0.05) is 5.56 Å². The third-order valence-electron chi connectivity index (χ3n) is 3.35. The van der Waals surface area contributed by atoms with E-state index in [9.17, 15) is 5.21 Å². The van der Waals surface area contributed by atoms with Crippen molar-refractivity contribution in [3.05, 3.63) is 27.8 Å². The van der Waals surface area contributed by atoms with E-state index in [1.165, 1.54) is 32.9 Å². The van der Waals surface area contributed by atoms with Gasteiger partial charge in [0.25, 0.3) is 0 Å². The molecule has 0 aliphatic carbocycles. The molecule has 0 saturated heterocycles. The highest BCUT2D eigenvalue weighted by atomic mass is 16.5. The third kappa shape index (κ3) is 1.14. The highest BCUT2D eigenvalue weighted by Crippen LogP contribution is 2.40. The molecule has 0 saturated carbocycles. The molecule has 14 heavy (non-hydrogen) atoms. The zero-order chi connectivity index (χ0) is 9.75. The molecule has 1 aromatic rings. The van der Waals surface area contributed by atoms with Gasteiger partial charge in [-0.1, -0.05) is 7.43 Å². The summed E-state index contributed by atoms with van der Waals surface area (Å²) in [6.45, 7) is 9.15. The van der Waals surface area contributed by atoms with Crippen LogP contribution in [0.25, 0.3) is 0 Å². The summed E-state index contributed by atoms with van der Waals surface area (Å²) in [6.07, 6.45) is 0. The summed E-state index contributed by atoms with van der Waals surface area (Å²) >= 11 is 0. The molecular formula is C12H19NO. The van der Waals surface area contributed by atoms with E-state index in [4.69, 9.17) is 0 Å². The van der Waals surface area contributed by atoms with Crippen LogP contribution in [-0.2, 0) is 6.54 Å². The number of fused-ring (bicyclic) bond motifs is 1. The second-order valence-electron chi connectivity index (χ2n) is 3.88. The Morgan fingerprint density at radius 3 is 1.93 bits per heavy atom. The molecule has 1 heterocycles. The summed E-state index contributed by atoms with van der Waals surface area (Å²) in [4.78, 5) is 0. The Labute approximate surface area is 86.1 Å². The molecule has 0 atom stereocenters. The summed E-state index contributed by atoms with van der Waals surface area (Å²) in [7, 11) is 0. The van der Waals surface area contributed by atoms with E-state index in [1.807, 2.05) is 0 Å². The van der Waals surface area contributed by atoms with Crippen LogP contribution >= 0.6 is 0 Å². The maximum absolute atomic E-state index is 9.45. The molecule has 0 radical (unpaired) electrons. The lowest BCUT2D eigenvalue weighted by Gasteiger charge is -2.35. The van der Waals surface area contributed by atoms with Crippen molar-refractivity contribution in [2.24, 2.45) is 0 Å². The minimum absolute atomic E-state index is 0. The number of anilines is 1. The van der Waals surface area contributed by atoms with Gasteiger partial charge < -0.3 is 0 Å². The van der Waals surface area contributed by atoms with Crippen LogP contribution in [0.1, 0.15) is 35.2 Å². The van der Waals surface area contributed by atoms with Crippen molar-refractivity contribution in [3.63, 3.8) is 0 Å². The lowest BCUT2D eigenvalue weighted by molar-refractivity contribution is 0.229. The molecule has 0 unspecified atom stereocenters. The van der Waals surface area contributed by atoms with Crippen molar-refractivity contribution in [1.29, 1.82) is 0 Å². The molecule has 2 heteroatoms. The molecule has 0 aromatic heterocycles. The van der Waals surface area contributed by atoms with Gasteiger partial charge in [-0.2, -0.15) is 0 Å². The van der Waals surface area contributed by atoms with Crippen LogP contribution in [0.4, 0.5) is 5.69 Å². The SMILES string of the molecule is C.Cc1c(C)c(C)c2c(c1C)CN2O. The standard InChI is InChI=1S/C11H15NO.CH4/c1-6-7(2)9(4)11-10(8(6)3)5-12(11)13;/h13H,5H2,1-4H3;1H4. The Hall–Kier alpha value is -1.02. The first kappa shape index (κ1) is 11.1. The summed E-state index contributed by atoms with van der Waals surface area (Å²) in [6, 6.07) is 0. The van der Waals surface area contributed by atoms with Gasteiger partial charge in [-0.3, -0.25) is 10.3 Å². The van der Waals surface area contributed by atoms with E-state index in [0.717, 1.165) is 5.69 Å². The van der Waals surface area contributed by atoms with Crippen molar-refractivity contribution < 1.29 is 5.21 Å². The molecule has 1 N–H and O–H groups in total. The van der Waals surface area contributed by atoms with E-state index in [1.54, 1.807) is 0 Å². The van der Waals surface area contributed by atoms with Crippen LogP contribution in [0.5, 0.6) is 0 Å². The molecule has 0 amide bonds. The molecule has 1 aliphatic heterocycles. The molecule has 78 valence electrons. The number of nitrogens with zero attached hydrogens (tertiary/aromatic N) is 1. The minimum Gasteiger partial charge on any atom is -0.288 e. The maximum Gasteiger partial charge on any atom is 0.0728 e. The van der Waals surface area contributed by atoms with Gasteiger partial charge in [-0.05, 0) is 49.9 Å². The first-order chi connectivity index (χ1) is 6.04. The number of hydrogen-bond donors (Lipinski definition) is 1. The highest BCUT2D eigenvalue weighted by Gasteiger charge is 2.27. The highest BCUT2D eigenvalue weighted by molar-refractivity contribution is 5.71. The number of benzene rings is 1. The monoisotopic (exact) mass is 193 g/mol. The zero-order valence-corrected chi connectivity index (χ0v) is 8.60. The Kier molecular flexibility index (Phi) is 2.59. The van der Waals surface area contributed by atoms with Crippen LogP contribution in [0.2, 0.25) is 0 Å². The lowest BCUT2D eigenvalue weighted by atomic mass is 9.88. The molecule has 0 bridgehead atoms. The fraction of sp³-hybridized carbons (Fsp3) is 0.500. The van der Waals surface area contributed by atoms with Gasteiger partial charge in [-0.25, -0.2) is 0 Å². The Morgan fingerprint density at radius 2 is 1.43 bits per heavy atom. The Bertz CT molecular complexity index is 359. The lowest BCUT2D eigenvalue weighted by Crippen LogP contribution is -2.31. The van der Waals surface area contributed by atoms with Gasteiger partial charge in [0.1, 0.15) is 0 Å². The summed E-state index contributed by atoms with van der Waals surface area (Å²) < 4.78 is 0. The van der Waals surface area contributed by atoms with Crippen LogP contribution in [0, 0.1) is 27.7 Å². The first-order valence-electron chi connectivity index (χ1n) is 4.59. The summed E-state index contributed by atoms with van der Waals surface area (Å²) in [5, 5.41) is 10.8. The fourth-order valence-corrected chi connectivity index (χ4v) is 2.05. The topological polar surface area (TPSA) is 23.5 Å². The minimum atomic E-state index is 0. The normalized spacial score (nSPS) is 13.1. The third-order valence-corrected chi connectivity index (χ3v) is 3.35. The number of hydrogen-bond acceptors (Lipinski definition) is 2. The molecule has 0 fully saturated rings. The van der Waals surface area contributed by atoms with Crippen LogP contribution < -0.4 is 5.06 Å². The summed E-state index contributed by atoms with van der Waals surface area (Å²) in [5.41, 5.74) is 7.55. The smallest absolute Gasteiger partial charge is 0.0728 e. The van der Waals surface area contributed by atoms with Gasteiger partial charge in [0.05, 0.1) is 12.2 Å². The maximum atomic E-state index is 9.45. The second-order valence-corrected chi connectivity index (χ2v) is 3.88. The van der Waals surface area contributed by atoms with E-state index < -0.39 is 0 Å². The van der Waals surface area contributed by atoms with Gasteiger partial charge >= 0.3 is 0 Å².